The molecule has 1 saturated heterocycles. The van der Waals surface area contributed by atoms with Crippen LogP contribution in [0.4, 0.5) is 0 Å². The molecule has 0 radical (unpaired) electrons. The smallest absolute Gasteiger partial charge is 0.241 e. The van der Waals surface area contributed by atoms with E-state index in [9.17, 15) is 0 Å². The molecule has 0 amide bonds. The van der Waals surface area contributed by atoms with Crippen molar-refractivity contribution in [3.05, 3.63) is 30.2 Å². The van der Waals surface area contributed by atoms with E-state index < -0.39 is 0 Å². The summed E-state index contributed by atoms with van der Waals surface area (Å²) in [5, 5.41) is 4.14. The standard InChI is InChI=1S/C20H30N4O2/c1-5-25-17-9-7-16(8-10-17)19-21-18(26-22-19)15-23-11-6-12-24(14-13-23)20(2,3)4/h7-10H,5-6,11-15H2,1-4H3. The number of ether oxygens (including phenoxy) is 1. The highest BCUT2D eigenvalue weighted by atomic mass is 16.5. The summed E-state index contributed by atoms with van der Waals surface area (Å²) in [5.41, 5.74) is 1.17. The minimum Gasteiger partial charge on any atom is -0.494 e. The first-order valence-corrected chi connectivity index (χ1v) is 9.49. The molecule has 0 N–H and O–H groups in total. The van der Waals surface area contributed by atoms with Crippen LogP contribution in [-0.2, 0) is 6.54 Å². The number of rotatable bonds is 5. The van der Waals surface area contributed by atoms with Crippen molar-refractivity contribution < 1.29 is 9.26 Å². The maximum absolute atomic E-state index is 5.49. The van der Waals surface area contributed by atoms with Gasteiger partial charge in [-0.2, -0.15) is 4.98 Å². The molecule has 1 aliphatic rings. The average Bonchev–Trinajstić information content (AvgIpc) is 2.92. The first kappa shape index (κ1) is 18.9. The van der Waals surface area contributed by atoms with Crippen molar-refractivity contribution in [1.29, 1.82) is 0 Å². The Morgan fingerprint density at radius 1 is 1.08 bits per heavy atom. The van der Waals surface area contributed by atoms with Gasteiger partial charge in [0.2, 0.25) is 11.7 Å². The summed E-state index contributed by atoms with van der Waals surface area (Å²) in [5.74, 6) is 2.17. The minimum absolute atomic E-state index is 0.224. The number of nitrogens with zero attached hydrogens (tertiary/aromatic N) is 4. The Morgan fingerprint density at radius 2 is 1.85 bits per heavy atom. The molecule has 6 nitrogen and oxygen atoms in total. The lowest BCUT2D eigenvalue weighted by Gasteiger charge is -2.34. The Morgan fingerprint density at radius 3 is 2.54 bits per heavy atom. The van der Waals surface area contributed by atoms with Gasteiger partial charge in [0.25, 0.3) is 0 Å². The van der Waals surface area contributed by atoms with Crippen molar-refractivity contribution in [3.8, 4) is 17.1 Å². The third kappa shape index (κ3) is 4.83. The Labute approximate surface area is 156 Å². The Kier molecular flexibility index (Phi) is 5.94. The van der Waals surface area contributed by atoms with Crippen molar-refractivity contribution >= 4 is 0 Å². The molecule has 3 rings (SSSR count). The zero-order valence-electron chi connectivity index (χ0n) is 16.4. The van der Waals surface area contributed by atoms with E-state index in [0.717, 1.165) is 43.9 Å². The highest BCUT2D eigenvalue weighted by Crippen LogP contribution is 2.21. The van der Waals surface area contributed by atoms with Gasteiger partial charge in [0.05, 0.1) is 13.2 Å². The minimum atomic E-state index is 0.224. The second-order valence-corrected chi connectivity index (χ2v) is 7.76. The fourth-order valence-electron chi connectivity index (χ4n) is 3.29. The summed E-state index contributed by atoms with van der Waals surface area (Å²) in [6, 6.07) is 7.80. The lowest BCUT2D eigenvalue weighted by Crippen LogP contribution is -2.43. The number of benzene rings is 1. The van der Waals surface area contributed by atoms with Crippen molar-refractivity contribution in [2.75, 3.05) is 32.8 Å². The molecule has 6 heteroatoms. The summed E-state index contributed by atoms with van der Waals surface area (Å²) in [4.78, 5) is 9.53. The zero-order chi connectivity index (χ0) is 18.6. The Balaban J connectivity index is 1.60. The van der Waals surface area contributed by atoms with Crippen LogP contribution in [0.3, 0.4) is 0 Å². The second kappa shape index (κ2) is 8.18. The summed E-state index contributed by atoms with van der Waals surface area (Å²) in [7, 11) is 0. The summed E-state index contributed by atoms with van der Waals surface area (Å²) < 4.78 is 11.0. The molecular weight excluding hydrogens is 328 g/mol. The van der Waals surface area contributed by atoms with Crippen LogP contribution in [0.5, 0.6) is 5.75 Å². The molecule has 0 aliphatic carbocycles. The third-order valence-corrected chi connectivity index (χ3v) is 4.79. The van der Waals surface area contributed by atoms with Crippen LogP contribution < -0.4 is 4.74 Å². The van der Waals surface area contributed by atoms with Gasteiger partial charge in [-0.1, -0.05) is 5.16 Å². The molecule has 1 aromatic heterocycles. The Bertz CT molecular complexity index is 691. The zero-order valence-corrected chi connectivity index (χ0v) is 16.4. The normalized spacial score (nSPS) is 17.2. The summed E-state index contributed by atoms with van der Waals surface area (Å²) in [6.07, 6.45) is 1.16. The fourth-order valence-corrected chi connectivity index (χ4v) is 3.29. The quantitative estimate of drug-likeness (QED) is 0.816. The van der Waals surface area contributed by atoms with Crippen molar-refractivity contribution in [2.24, 2.45) is 0 Å². The first-order valence-electron chi connectivity index (χ1n) is 9.49. The molecular formula is C20H30N4O2. The molecule has 1 aromatic carbocycles. The van der Waals surface area contributed by atoms with E-state index in [1.165, 1.54) is 0 Å². The maximum atomic E-state index is 5.49. The molecule has 26 heavy (non-hydrogen) atoms. The van der Waals surface area contributed by atoms with Gasteiger partial charge in [-0.3, -0.25) is 9.80 Å². The van der Waals surface area contributed by atoms with E-state index in [-0.39, 0.29) is 5.54 Å². The van der Waals surface area contributed by atoms with Crippen LogP contribution in [-0.4, -0.2) is 58.3 Å². The summed E-state index contributed by atoms with van der Waals surface area (Å²) >= 11 is 0. The highest BCUT2D eigenvalue weighted by molar-refractivity contribution is 5.55. The van der Waals surface area contributed by atoms with E-state index in [1.807, 2.05) is 31.2 Å². The molecule has 0 unspecified atom stereocenters. The molecule has 2 heterocycles. The second-order valence-electron chi connectivity index (χ2n) is 7.76. The van der Waals surface area contributed by atoms with Gasteiger partial charge < -0.3 is 9.26 Å². The monoisotopic (exact) mass is 358 g/mol. The lowest BCUT2D eigenvalue weighted by molar-refractivity contribution is 0.138. The van der Waals surface area contributed by atoms with Crippen LogP contribution >= 0.6 is 0 Å². The van der Waals surface area contributed by atoms with Crippen LogP contribution in [0.15, 0.2) is 28.8 Å². The van der Waals surface area contributed by atoms with Gasteiger partial charge in [0, 0.05) is 24.2 Å². The van der Waals surface area contributed by atoms with E-state index in [4.69, 9.17) is 9.26 Å². The first-order chi connectivity index (χ1) is 12.5. The SMILES string of the molecule is CCOc1ccc(-c2noc(CN3CCCN(C(C)(C)C)CC3)n2)cc1. The van der Waals surface area contributed by atoms with Crippen molar-refractivity contribution in [2.45, 2.75) is 46.2 Å². The van der Waals surface area contributed by atoms with Crippen LogP contribution in [0, 0.1) is 0 Å². The molecule has 0 atom stereocenters. The van der Waals surface area contributed by atoms with Gasteiger partial charge in [-0.25, -0.2) is 0 Å². The fraction of sp³-hybridized carbons (Fsp3) is 0.600. The van der Waals surface area contributed by atoms with Crippen molar-refractivity contribution in [3.63, 3.8) is 0 Å². The molecule has 1 aliphatic heterocycles. The molecule has 142 valence electrons. The van der Waals surface area contributed by atoms with Gasteiger partial charge in [-0.15, -0.1) is 0 Å². The van der Waals surface area contributed by atoms with Crippen molar-refractivity contribution in [1.82, 2.24) is 19.9 Å². The molecule has 0 bridgehead atoms. The van der Waals surface area contributed by atoms with Gasteiger partial charge in [-0.05, 0) is 71.5 Å². The number of hydrogen-bond donors (Lipinski definition) is 0. The maximum Gasteiger partial charge on any atom is 0.241 e. The average molecular weight is 358 g/mol. The predicted molar refractivity (Wildman–Crippen MR) is 102 cm³/mol. The predicted octanol–water partition coefficient (Wildman–Crippen LogP) is 3.44. The topological polar surface area (TPSA) is 54.6 Å². The Hall–Kier alpha value is -1.92. The largest absolute Gasteiger partial charge is 0.494 e. The van der Waals surface area contributed by atoms with Gasteiger partial charge in [0.15, 0.2) is 0 Å². The van der Waals surface area contributed by atoms with Gasteiger partial charge in [0.1, 0.15) is 5.75 Å². The highest BCUT2D eigenvalue weighted by Gasteiger charge is 2.24. The van der Waals surface area contributed by atoms with Crippen LogP contribution in [0.25, 0.3) is 11.4 Å². The molecule has 2 aromatic rings. The van der Waals surface area contributed by atoms with E-state index >= 15 is 0 Å². The van der Waals surface area contributed by atoms with E-state index in [2.05, 4.69) is 40.7 Å². The van der Waals surface area contributed by atoms with Gasteiger partial charge >= 0.3 is 0 Å². The summed E-state index contributed by atoms with van der Waals surface area (Å²) in [6.45, 7) is 14.5. The van der Waals surface area contributed by atoms with Crippen LogP contribution in [0.1, 0.15) is 40.0 Å². The molecule has 0 saturated carbocycles. The van der Waals surface area contributed by atoms with E-state index in [1.54, 1.807) is 0 Å². The number of hydrogen-bond acceptors (Lipinski definition) is 6. The molecule has 0 spiro atoms. The van der Waals surface area contributed by atoms with E-state index in [0.29, 0.717) is 24.9 Å². The molecule has 1 fully saturated rings. The lowest BCUT2D eigenvalue weighted by atomic mass is 10.1. The number of aromatic nitrogens is 2. The van der Waals surface area contributed by atoms with Crippen LogP contribution in [0.2, 0.25) is 0 Å². The third-order valence-electron chi connectivity index (χ3n) is 4.79.